The number of rotatable bonds is 2. The van der Waals surface area contributed by atoms with Gasteiger partial charge < -0.3 is 9.72 Å². The summed E-state index contributed by atoms with van der Waals surface area (Å²) in [7, 11) is 0. The van der Waals surface area contributed by atoms with Crippen LogP contribution in [0.2, 0.25) is 0 Å². The molecule has 1 aromatic heterocycles. The molecule has 0 amide bonds. The lowest BCUT2D eigenvalue weighted by molar-refractivity contribution is -0.274. The van der Waals surface area contributed by atoms with Crippen LogP contribution in [0.1, 0.15) is 5.69 Å². The van der Waals surface area contributed by atoms with Crippen molar-refractivity contribution in [3.05, 3.63) is 46.5 Å². The summed E-state index contributed by atoms with van der Waals surface area (Å²) in [5.74, 6) is -0.396. The summed E-state index contributed by atoms with van der Waals surface area (Å²) in [5.41, 5.74) is 0.101. The summed E-state index contributed by atoms with van der Waals surface area (Å²) < 4.78 is 40.8. The van der Waals surface area contributed by atoms with E-state index in [9.17, 15) is 18.0 Å². The summed E-state index contributed by atoms with van der Waals surface area (Å²) in [6.07, 6.45) is -4.80. The second-order valence-electron chi connectivity index (χ2n) is 3.80. The molecule has 2 rings (SSSR count). The number of hydrogen-bond acceptors (Lipinski definition) is 3. The second kappa shape index (κ2) is 4.75. The van der Waals surface area contributed by atoms with Crippen LogP contribution in [0.5, 0.6) is 5.75 Å². The zero-order chi connectivity index (χ0) is 14.0. The third kappa shape index (κ3) is 3.34. The average Bonchev–Trinajstić information content (AvgIpc) is 2.26. The minimum absolute atomic E-state index is 0.106. The molecule has 0 saturated carbocycles. The standard InChI is InChI=1S/C12H9F3N2O2/c1-7-6-9(17-11(18)16-7)8-4-2-3-5-10(8)19-12(13,14)15/h2-6H,1H3,(H,16,17,18). The van der Waals surface area contributed by atoms with Gasteiger partial charge in [0.15, 0.2) is 0 Å². The summed E-state index contributed by atoms with van der Waals surface area (Å²) in [5, 5.41) is 0. The lowest BCUT2D eigenvalue weighted by atomic mass is 10.1. The fraction of sp³-hybridized carbons (Fsp3) is 0.167. The molecule has 1 aromatic carbocycles. The van der Waals surface area contributed by atoms with Crippen LogP contribution in [0.25, 0.3) is 11.3 Å². The molecule has 2 aromatic rings. The van der Waals surface area contributed by atoms with E-state index in [1.165, 1.54) is 30.3 Å². The number of ether oxygens (including phenoxy) is 1. The first kappa shape index (κ1) is 13.1. The normalized spacial score (nSPS) is 11.4. The Hall–Kier alpha value is -2.31. The van der Waals surface area contributed by atoms with Gasteiger partial charge in [0.25, 0.3) is 0 Å². The molecule has 0 aliphatic rings. The van der Waals surface area contributed by atoms with Gasteiger partial charge in [-0.15, -0.1) is 13.2 Å². The topological polar surface area (TPSA) is 55.0 Å². The van der Waals surface area contributed by atoms with Crippen molar-refractivity contribution in [3.63, 3.8) is 0 Å². The number of nitrogens with zero attached hydrogens (tertiary/aromatic N) is 1. The smallest absolute Gasteiger partial charge is 0.405 e. The van der Waals surface area contributed by atoms with Crippen LogP contribution in [0.4, 0.5) is 13.2 Å². The Morgan fingerprint density at radius 2 is 1.95 bits per heavy atom. The van der Waals surface area contributed by atoms with E-state index in [1.807, 2.05) is 0 Å². The van der Waals surface area contributed by atoms with Crippen molar-refractivity contribution in [2.75, 3.05) is 0 Å². The van der Waals surface area contributed by atoms with Gasteiger partial charge in [-0.1, -0.05) is 12.1 Å². The molecule has 0 spiro atoms. The van der Waals surface area contributed by atoms with Crippen molar-refractivity contribution in [2.24, 2.45) is 0 Å². The molecule has 0 fully saturated rings. The van der Waals surface area contributed by atoms with Crippen molar-refractivity contribution in [2.45, 2.75) is 13.3 Å². The van der Waals surface area contributed by atoms with Crippen LogP contribution in [0, 0.1) is 6.92 Å². The first-order chi connectivity index (χ1) is 8.85. The van der Waals surface area contributed by atoms with Crippen LogP contribution in [-0.4, -0.2) is 16.3 Å². The number of benzene rings is 1. The number of aryl methyl sites for hydroxylation is 1. The molecule has 7 heteroatoms. The molecule has 100 valence electrons. The van der Waals surface area contributed by atoms with Gasteiger partial charge in [0, 0.05) is 11.3 Å². The molecular formula is C12H9F3N2O2. The van der Waals surface area contributed by atoms with Crippen molar-refractivity contribution >= 4 is 0 Å². The maximum absolute atomic E-state index is 12.3. The Labute approximate surface area is 105 Å². The number of aromatic amines is 1. The van der Waals surface area contributed by atoms with Crippen molar-refractivity contribution in [1.82, 2.24) is 9.97 Å². The molecule has 0 atom stereocenters. The van der Waals surface area contributed by atoms with E-state index in [-0.39, 0.29) is 11.3 Å². The third-order valence-corrected chi connectivity index (χ3v) is 2.27. The average molecular weight is 270 g/mol. The van der Waals surface area contributed by atoms with Gasteiger partial charge in [-0.3, -0.25) is 0 Å². The minimum Gasteiger partial charge on any atom is -0.405 e. The number of H-pyrrole nitrogens is 1. The van der Waals surface area contributed by atoms with Crippen LogP contribution in [0.15, 0.2) is 35.1 Å². The van der Waals surface area contributed by atoms with Crippen LogP contribution in [-0.2, 0) is 0 Å². The Morgan fingerprint density at radius 1 is 1.26 bits per heavy atom. The quantitative estimate of drug-likeness (QED) is 0.912. The molecule has 1 heterocycles. The minimum atomic E-state index is -4.80. The zero-order valence-electron chi connectivity index (χ0n) is 9.78. The summed E-state index contributed by atoms with van der Waals surface area (Å²) >= 11 is 0. The fourth-order valence-electron chi connectivity index (χ4n) is 1.61. The van der Waals surface area contributed by atoms with E-state index in [1.54, 1.807) is 6.92 Å². The van der Waals surface area contributed by atoms with E-state index in [0.29, 0.717) is 5.69 Å². The molecule has 19 heavy (non-hydrogen) atoms. The maximum Gasteiger partial charge on any atom is 0.573 e. The molecule has 0 aliphatic carbocycles. The largest absolute Gasteiger partial charge is 0.573 e. The van der Waals surface area contributed by atoms with Crippen LogP contribution in [0.3, 0.4) is 0 Å². The summed E-state index contributed by atoms with van der Waals surface area (Å²) in [6, 6.07) is 6.99. The first-order valence-electron chi connectivity index (χ1n) is 5.28. The maximum atomic E-state index is 12.3. The van der Waals surface area contributed by atoms with Gasteiger partial charge in [0.1, 0.15) is 5.75 Å². The van der Waals surface area contributed by atoms with Gasteiger partial charge in [-0.2, -0.15) is 4.98 Å². The highest BCUT2D eigenvalue weighted by atomic mass is 19.4. The van der Waals surface area contributed by atoms with Crippen LogP contribution >= 0.6 is 0 Å². The lowest BCUT2D eigenvalue weighted by Crippen LogP contribution is -2.18. The van der Waals surface area contributed by atoms with E-state index >= 15 is 0 Å². The molecule has 0 unspecified atom stereocenters. The molecule has 0 bridgehead atoms. The molecule has 4 nitrogen and oxygen atoms in total. The SMILES string of the molecule is Cc1cc(-c2ccccc2OC(F)(F)F)nc(=O)[nH]1. The lowest BCUT2D eigenvalue weighted by Gasteiger charge is -2.12. The predicted molar refractivity (Wildman–Crippen MR) is 61.7 cm³/mol. The zero-order valence-corrected chi connectivity index (χ0v) is 9.78. The van der Waals surface area contributed by atoms with Crippen molar-refractivity contribution in [1.29, 1.82) is 0 Å². The van der Waals surface area contributed by atoms with Gasteiger partial charge >= 0.3 is 12.1 Å². The van der Waals surface area contributed by atoms with Crippen molar-refractivity contribution < 1.29 is 17.9 Å². The van der Waals surface area contributed by atoms with Crippen LogP contribution < -0.4 is 10.4 Å². The molecule has 1 N–H and O–H groups in total. The Morgan fingerprint density at radius 3 is 2.58 bits per heavy atom. The highest BCUT2D eigenvalue weighted by Crippen LogP contribution is 2.32. The number of halogens is 3. The predicted octanol–water partition coefficient (Wildman–Crippen LogP) is 2.64. The summed E-state index contributed by atoms with van der Waals surface area (Å²) in [4.78, 5) is 17.3. The number of alkyl halides is 3. The summed E-state index contributed by atoms with van der Waals surface area (Å²) in [6.45, 7) is 1.61. The highest BCUT2D eigenvalue weighted by molar-refractivity contribution is 5.67. The second-order valence-corrected chi connectivity index (χ2v) is 3.80. The Kier molecular flexibility index (Phi) is 3.28. The molecule has 0 saturated heterocycles. The van der Waals surface area contributed by atoms with E-state index in [2.05, 4.69) is 14.7 Å². The van der Waals surface area contributed by atoms with E-state index in [4.69, 9.17) is 0 Å². The third-order valence-electron chi connectivity index (χ3n) is 2.27. The van der Waals surface area contributed by atoms with Gasteiger partial charge in [-0.25, -0.2) is 4.79 Å². The van der Waals surface area contributed by atoms with Gasteiger partial charge in [0.2, 0.25) is 0 Å². The number of para-hydroxylation sites is 1. The first-order valence-corrected chi connectivity index (χ1v) is 5.28. The fourth-order valence-corrected chi connectivity index (χ4v) is 1.61. The molecular weight excluding hydrogens is 261 g/mol. The molecule has 0 radical (unpaired) electrons. The van der Waals surface area contributed by atoms with Crippen molar-refractivity contribution in [3.8, 4) is 17.0 Å². The monoisotopic (exact) mass is 270 g/mol. The van der Waals surface area contributed by atoms with E-state index < -0.39 is 17.8 Å². The Balaban J connectivity index is 2.53. The number of nitrogens with one attached hydrogen (secondary N) is 1. The highest BCUT2D eigenvalue weighted by Gasteiger charge is 2.32. The number of aromatic nitrogens is 2. The van der Waals surface area contributed by atoms with E-state index in [0.717, 1.165) is 0 Å². The van der Waals surface area contributed by atoms with Gasteiger partial charge in [-0.05, 0) is 25.1 Å². The Bertz CT molecular complexity index is 650. The number of hydrogen-bond donors (Lipinski definition) is 1. The molecule has 0 aliphatic heterocycles. The van der Waals surface area contributed by atoms with Gasteiger partial charge in [0.05, 0.1) is 5.69 Å².